The van der Waals surface area contributed by atoms with Gasteiger partial charge in [-0.25, -0.2) is 0 Å². The molecule has 5 nitrogen and oxygen atoms in total. The second-order valence-corrected chi connectivity index (χ2v) is 16.2. The Labute approximate surface area is 355 Å². The van der Waals surface area contributed by atoms with Crippen LogP contribution in [0.4, 0.5) is 22.7 Å². The first-order chi connectivity index (χ1) is 28.6. The molecule has 0 aliphatic heterocycles. The van der Waals surface area contributed by atoms with Crippen LogP contribution in [-0.2, 0) is 4.74 Å². The molecule has 59 heavy (non-hydrogen) atoms. The van der Waals surface area contributed by atoms with Crippen molar-refractivity contribution >= 4 is 22.7 Å². The Kier molecular flexibility index (Phi) is 14.6. The second-order valence-electron chi connectivity index (χ2n) is 16.2. The maximum atomic E-state index is 8.03. The minimum Gasteiger partial charge on any atom is -0.378 e. The monoisotopic (exact) mass is 787 g/mol. The van der Waals surface area contributed by atoms with E-state index in [0.29, 0.717) is 0 Å². The number of nitrogens with zero attached hydrogens (tertiary/aromatic N) is 4. The van der Waals surface area contributed by atoms with Crippen LogP contribution in [0.1, 0.15) is 96.2 Å². The quantitative estimate of drug-likeness (QED) is 0.0863. The van der Waals surface area contributed by atoms with Crippen molar-refractivity contribution < 1.29 is 4.74 Å². The Morgan fingerprint density at radius 2 is 0.712 bits per heavy atom. The van der Waals surface area contributed by atoms with Gasteiger partial charge < -0.3 is 24.3 Å². The van der Waals surface area contributed by atoms with E-state index < -0.39 is 0 Å². The fraction of sp³-hybridized carbons (Fsp3) is 0.333. The molecule has 0 N–H and O–H groups in total. The lowest BCUT2D eigenvalue weighted by Crippen LogP contribution is -2.25. The molecule has 4 atom stereocenters. The normalized spacial score (nSPS) is 13.3. The summed E-state index contributed by atoms with van der Waals surface area (Å²) in [6, 6.07) is 54.1. The first kappa shape index (κ1) is 43.1. The minimum atomic E-state index is -0.330. The highest BCUT2D eigenvalue weighted by Gasteiger charge is 2.36. The van der Waals surface area contributed by atoms with Crippen LogP contribution in [0.5, 0.6) is 0 Å². The molecule has 5 heteroatoms. The molecule has 0 saturated heterocycles. The third kappa shape index (κ3) is 9.86. The topological polar surface area (TPSA) is 22.2 Å². The molecule has 6 rings (SSSR count). The van der Waals surface area contributed by atoms with Gasteiger partial charge in [0.15, 0.2) is 0 Å². The third-order valence-electron chi connectivity index (χ3n) is 12.1. The van der Waals surface area contributed by atoms with Gasteiger partial charge in [-0.1, -0.05) is 97.1 Å². The molecule has 0 saturated carbocycles. The Morgan fingerprint density at radius 1 is 0.390 bits per heavy atom. The van der Waals surface area contributed by atoms with Gasteiger partial charge >= 0.3 is 0 Å². The summed E-state index contributed by atoms with van der Waals surface area (Å²) in [4.78, 5) is 9.18. The molecule has 0 bridgehead atoms. The lowest BCUT2D eigenvalue weighted by molar-refractivity contribution is -0.0325. The van der Waals surface area contributed by atoms with Crippen LogP contribution in [0.2, 0.25) is 0 Å². The number of benzene rings is 6. The van der Waals surface area contributed by atoms with E-state index in [1.54, 1.807) is 0 Å². The Hall–Kier alpha value is -5.52. The highest BCUT2D eigenvalue weighted by Crippen LogP contribution is 2.49. The lowest BCUT2D eigenvalue weighted by atomic mass is 9.79. The smallest absolute Gasteiger partial charge is 0.0942 e. The van der Waals surface area contributed by atoms with Crippen LogP contribution in [0, 0.1) is 13.8 Å². The Balaban J connectivity index is 1.61. The summed E-state index contributed by atoms with van der Waals surface area (Å²) in [7, 11) is 8.41. The van der Waals surface area contributed by atoms with Crippen molar-refractivity contribution in [2.24, 2.45) is 0 Å². The van der Waals surface area contributed by atoms with Gasteiger partial charge in [-0.05, 0) is 135 Å². The summed E-state index contributed by atoms with van der Waals surface area (Å²) in [5.74, 6) is -0.207. The molecule has 0 fully saturated rings. The zero-order chi connectivity index (χ0) is 42.1. The van der Waals surface area contributed by atoms with Crippen LogP contribution < -0.4 is 19.6 Å². The number of hydrogen-bond donors (Lipinski definition) is 0. The molecular weight excluding hydrogens is 721 g/mol. The highest BCUT2D eigenvalue weighted by atomic mass is 16.5. The summed E-state index contributed by atoms with van der Waals surface area (Å²) in [6.45, 7) is 17.3. The Morgan fingerprint density at radius 3 is 1.00 bits per heavy atom. The van der Waals surface area contributed by atoms with E-state index in [-0.39, 0.29) is 24.0 Å². The van der Waals surface area contributed by atoms with Gasteiger partial charge in [-0.3, -0.25) is 0 Å². The predicted octanol–water partition coefficient (Wildman–Crippen LogP) is 12.6. The molecule has 0 amide bonds. The van der Waals surface area contributed by atoms with Gasteiger partial charge in [0.1, 0.15) is 0 Å². The van der Waals surface area contributed by atoms with Crippen molar-refractivity contribution in [1.82, 2.24) is 0 Å². The first-order valence-corrected chi connectivity index (χ1v) is 21.6. The number of ether oxygens (including phenoxy) is 1. The molecule has 6 aromatic rings. The van der Waals surface area contributed by atoms with Gasteiger partial charge in [0, 0.05) is 89.0 Å². The van der Waals surface area contributed by atoms with Crippen molar-refractivity contribution in [2.45, 2.75) is 65.6 Å². The summed E-state index contributed by atoms with van der Waals surface area (Å²) >= 11 is 0. The maximum absolute atomic E-state index is 8.03. The average Bonchev–Trinajstić information content (AvgIpc) is 3.26. The largest absolute Gasteiger partial charge is 0.378 e. The summed E-state index contributed by atoms with van der Waals surface area (Å²) in [6.07, 6.45) is -0.660. The molecule has 308 valence electrons. The van der Waals surface area contributed by atoms with E-state index in [1.807, 2.05) is 0 Å². The maximum Gasteiger partial charge on any atom is 0.0942 e. The van der Waals surface area contributed by atoms with E-state index >= 15 is 0 Å². The molecule has 0 aromatic heterocycles. The van der Waals surface area contributed by atoms with Crippen LogP contribution in [0.3, 0.4) is 0 Å². The molecule has 0 aliphatic rings. The summed E-state index contributed by atoms with van der Waals surface area (Å²) < 4.78 is 8.03. The van der Waals surface area contributed by atoms with Crippen molar-refractivity contribution in [3.05, 3.63) is 190 Å². The molecule has 4 unspecified atom stereocenters. The summed E-state index contributed by atoms with van der Waals surface area (Å²) in [5, 5.41) is 0. The zero-order valence-corrected chi connectivity index (χ0v) is 37.2. The number of hydrogen-bond acceptors (Lipinski definition) is 5. The van der Waals surface area contributed by atoms with Crippen molar-refractivity contribution in [2.75, 3.05) is 74.0 Å². The van der Waals surface area contributed by atoms with Crippen molar-refractivity contribution in [3.63, 3.8) is 0 Å². The van der Waals surface area contributed by atoms with Gasteiger partial charge in [0.2, 0.25) is 0 Å². The minimum absolute atomic E-state index is 0.103. The van der Waals surface area contributed by atoms with Crippen molar-refractivity contribution in [1.29, 1.82) is 0 Å². The van der Waals surface area contributed by atoms with E-state index in [1.165, 1.54) is 56.1 Å². The van der Waals surface area contributed by atoms with Crippen LogP contribution >= 0.6 is 0 Å². The first-order valence-electron chi connectivity index (χ1n) is 21.6. The van der Waals surface area contributed by atoms with Gasteiger partial charge in [0.25, 0.3) is 0 Å². The van der Waals surface area contributed by atoms with Crippen LogP contribution in [0.15, 0.2) is 146 Å². The molecule has 0 aliphatic carbocycles. The van der Waals surface area contributed by atoms with Crippen molar-refractivity contribution in [3.8, 4) is 0 Å². The number of anilines is 4. The Bertz CT molecular complexity index is 2030. The molecule has 0 spiro atoms. The molecule has 0 heterocycles. The van der Waals surface area contributed by atoms with Crippen LogP contribution in [0.25, 0.3) is 0 Å². The molecular formula is C54H66N4O. The number of rotatable bonds is 18. The standard InChI is InChI=1S/C54H66N4O/c1-11-57(12-2)47-33-35-49(39(5)37-47)51(41-25-29-45(30-26-41)55(7)8)53(43-21-17-15-18-22-43)59-54(44-23-19-16-20-24-44)52(42-27-31-46(32-28-42)56(9)10)50-36-34-48(38-40(50)6)58(13-3)14-4/h15-38,51-54H,11-14H2,1-10H3. The zero-order valence-electron chi connectivity index (χ0n) is 37.2. The lowest BCUT2D eigenvalue weighted by Gasteiger charge is -2.37. The molecule has 6 aromatic carbocycles. The van der Waals surface area contributed by atoms with Crippen LogP contribution in [-0.4, -0.2) is 54.4 Å². The van der Waals surface area contributed by atoms with Gasteiger partial charge in [-0.15, -0.1) is 0 Å². The van der Waals surface area contributed by atoms with E-state index in [0.717, 1.165) is 37.3 Å². The second kappa shape index (κ2) is 20.0. The van der Waals surface area contributed by atoms with Gasteiger partial charge in [0.05, 0.1) is 12.2 Å². The summed E-state index contributed by atoms with van der Waals surface area (Å²) in [5.41, 5.74) is 14.7. The van der Waals surface area contributed by atoms with E-state index in [4.69, 9.17) is 4.74 Å². The average molecular weight is 787 g/mol. The SMILES string of the molecule is CCN(CC)c1ccc(C(c2ccc(N(C)C)cc2)C(OC(c2ccccc2)C(c2ccc(N(C)C)cc2)c2ccc(N(CC)CC)cc2C)c2ccccc2)c(C)c1. The third-order valence-corrected chi connectivity index (χ3v) is 12.1. The fourth-order valence-electron chi connectivity index (χ4n) is 8.73. The van der Waals surface area contributed by atoms with E-state index in [9.17, 15) is 0 Å². The predicted molar refractivity (Wildman–Crippen MR) is 254 cm³/mol. The molecule has 0 radical (unpaired) electrons. The van der Waals surface area contributed by atoms with Gasteiger partial charge in [-0.2, -0.15) is 0 Å². The van der Waals surface area contributed by atoms with E-state index in [2.05, 4.69) is 235 Å². The fourth-order valence-corrected chi connectivity index (χ4v) is 8.73. The number of aryl methyl sites for hydroxylation is 2. The highest BCUT2D eigenvalue weighted by molar-refractivity contribution is 5.57.